The van der Waals surface area contributed by atoms with Crippen LogP contribution in [0.2, 0.25) is 0 Å². The molecule has 0 spiro atoms. The minimum atomic E-state index is -4.51. The summed E-state index contributed by atoms with van der Waals surface area (Å²) in [6.07, 6.45) is -1.26. The van der Waals surface area contributed by atoms with Crippen LogP contribution in [0, 0.1) is 11.3 Å². The smallest absolute Gasteiger partial charge is 0.379 e. The molecule has 1 aliphatic carbocycles. The number of methoxy groups -OCH3 is 1. The number of fused-ring (bicyclic) bond motifs is 2. The van der Waals surface area contributed by atoms with E-state index in [1.54, 1.807) is 16.9 Å². The Labute approximate surface area is 255 Å². The first-order valence-corrected chi connectivity index (χ1v) is 15.7. The molecule has 5 heterocycles. The number of amides is 3. The number of carbonyl (C=O) groups excluding carboxylic acids is 2. The highest BCUT2D eigenvalue weighted by atomic mass is 19.4. The lowest BCUT2D eigenvalue weighted by Gasteiger charge is -2.37. The number of rotatable bonds is 7. The number of likely N-dealkylation sites (tertiary alicyclic amines) is 1. The van der Waals surface area contributed by atoms with Crippen LogP contribution in [0.15, 0.2) is 12.3 Å². The standard InChI is InChI=1S/C30H43F3N6O5/c1-42-26-18-44-9-3-25(26)36-23-13-22-17-39(28(41)34-4-6-37-7-10-43-11-8-37)19-29(22,14-23)27(40)38-5-2-24-20(16-38)12-21(15-35-24)30(31,32)33/h12,15,22-23,25-26,36H,2-11,13-14,16-19H2,1H3,(H,34,41)/t22-,23+,25?,26?,29-/m0/s1. The molecule has 6 rings (SSSR count). The van der Waals surface area contributed by atoms with Crippen LogP contribution >= 0.6 is 0 Å². The Balaban J connectivity index is 1.17. The minimum Gasteiger partial charge on any atom is -0.379 e. The second kappa shape index (κ2) is 13.1. The topological polar surface area (TPSA) is 108 Å². The summed E-state index contributed by atoms with van der Waals surface area (Å²) in [5, 5.41) is 6.78. The lowest BCUT2D eigenvalue weighted by Crippen LogP contribution is -2.53. The first-order chi connectivity index (χ1) is 21.2. The summed E-state index contributed by atoms with van der Waals surface area (Å²) < 4.78 is 57.0. The van der Waals surface area contributed by atoms with E-state index in [4.69, 9.17) is 14.2 Å². The molecule has 2 N–H and O–H groups in total. The molecule has 3 amide bonds. The number of alkyl halides is 3. The summed E-state index contributed by atoms with van der Waals surface area (Å²) >= 11 is 0. The van der Waals surface area contributed by atoms with E-state index >= 15 is 0 Å². The zero-order valence-corrected chi connectivity index (χ0v) is 25.2. The maximum absolute atomic E-state index is 14.5. The third kappa shape index (κ3) is 6.55. The Kier molecular flexibility index (Phi) is 9.35. The molecule has 44 heavy (non-hydrogen) atoms. The van der Waals surface area contributed by atoms with Gasteiger partial charge < -0.3 is 34.6 Å². The number of aromatic nitrogens is 1. The van der Waals surface area contributed by atoms with Gasteiger partial charge in [-0.05, 0) is 36.8 Å². The van der Waals surface area contributed by atoms with Gasteiger partial charge in [0.05, 0.1) is 36.9 Å². The lowest BCUT2D eigenvalue weighted by atomic mass is 9.78. The molecule has 0 radical (unpaired) electrons. The first-order valence-electron chi connectivity index (χ1n) is 15.7. The quantitative estimate of drug-likeness (QED) is 0.470. The number of urea groups is 1. The maximum Gasteiger partial charge on any atom is 0.417 e. The predicted molar refractivity (Wildman–Crippen MR) is 153 cm³/mol. The van der Waals surface area contributed by atoms with Gasteiger partial charge >= 0.3 is 12.2 Å². The van der Waals surface area contributed by atoms with Gasteiger partial charge in [0.2, 0.25) is 5.91 Å². The molecule has 1 aromatic rings. The summed E-state index contributed by atoms with van der Waals surface area (Å²) in [6, 6.07) is 1.08. The maximum atomic E-state index is 14.5. The van der Waals surface area contributed by atoms with E-state index in [9.17, 15) is 22.8 Å². The third-order valence-corrected chi connectivity index (χ3v) is 10.1. The molecule has 1 aromatic heterocycles. The number of pyridine rings is 1. The zero-order valence-electron chi connectivity index (χ0n) is 25.2. The molecule has 244 valence electrons. The van der Waals surface area contributed by atoms with Crippen LogP contribution in [0.25, 0.3) is 0 Å². The van der Waals surface area contributed by atoms with Crippen LogP contribution < -0.4 is 10.6 Å². The van der Waals surface area contributed by atoms with Crippen molar-refractivity contribution in [1.29, 1.82) is 0 Å². The van der Waals surface area contributed by atoms with Crippen molar-refractivity contribution in [1.82, 2.24) is 30.3 Å². The van der Waals surface area contributed by atoms with E-state index in [1.165, 1.54) is 0 Å². The van der Waals surface area contributed by atoms with Crippen molar-refractivity contribution in [3.63, 3.8) is 0 Å². The Morgan fingerprint density at radius 1 is 1.16 bits per heavy atom. The van der Waals surface area contributed by atoms with Gasteiger partial charge in [0, 0.05) is 96.5 Å². The number of nitrogens with zero attached hydrogens (tertiary/aromatic N) is 4. The summed E-state index contributed by atoms with van der Waals surface area (Å²) in [6.45, 7) is 6.63. The lowest BCUT2D eigenvalue weighted by molar-refractivity contribution is -0.143. The largest absolute Gasteiger partial charge is 0.417 e. The van der Waals surface area contributed by atoms with Crippen LogP contribution in [0.3, 0.4) is 0 Å². The molecule has 3 saturated heterocycles. The van der Waals surface area contributed by atoms with E-state index in [0.717, 1.165) is 44.7 Å². The van der Waals surface area contributed by atoms with Crippen LogP contribution in [0.1, 0.15) is 36.1 Å². The van der Waals surface area contributed by atoms with Crippen LogP contribution in [-0.2, 0) is 38.1 Å². The molecule has 5 aliphatic rings. The molecular weight excluding hydrogens is 581 g/mol. The third-order valence-electron chi connectivity index (χ3n) is 10.1. The van der Waals surface area contributed by atoms with E-state index in [2.05, 4.69) is 20.5 Å². The van der Waals surface area contributed by atoms with Crippen molar-refractivity contribution in [3.05, 3.63) is 29.1 Å². The fraction of sp³-hybridized carbons (Fsp3) is 0.767. The van der Waals surface area contributed by atoms with Crippen molar-refractivity contribution in [2.45, 2.75) is 56.6 Å². The second-order valence-corrected chi connectivity index (χ2v) is 12.8. The van der Waals surface area contributed by atoms with E-state index in [1.807, 2.05) is 0 Å². The molecule has 2 unspecified atom stereocenters. The van der Waals surface area contributed by atoms with Gasteiger partial charge in [-0.3, -0.25) is 14.7 Å². The molecule has 4 fully saturated rings. The number of morpholine rings is 1. The average molecular weight is 625 g/mol. The van der Waals surface area contributed by atoms with E-state index in [0.29, 0.717) is 70.2 Å². The number of ether oxygens (including phenoxy) is 3. The van der Waals surface area contributed by atoms with Gasteiger partial charge in [0.15, 0.2) is 0 Å². The molecule has 0 aromatic carbocycles. The fourth-order valence-corrected chi connectivity index (χ4v) is 7.75. The number of nitrogens with one attached hydrogen (secondary N) is 2. The number of hydrogen-bond donors (Lipinski definition) is 2. The molecule has 14 heteroatoms. The van der Waals surface area contributed by atoms with Crippen molar-refractivity contribution in [2.75, 3.05) is 79.4 Å². The van der Waals surface area contributed by atoms with Crippen molar-refractivity contribution < 1.29 is 37.0 Å². The number of carbonyl (C=O) groups is 2. The number of halogens is 3. The van der Waals surface area contributed by atoms with Crippen LogP contribution in [0.5, 0.6) is 0 Å². The Morgan fingerprint density at radius 3 is 2.75 bits per heavy atom. The Bertz CT molecular complexity index is 1200. The molecule has 0 bridgehead atoms. The van der Waals surface area contributed by atoms with E-state index < -0.39 is 17.2 Å². The van der Waals surface area contributed by atoms with Crippen molar-refractivity contribution in [2.24, 2.45) is 11.3 Å². The van der Waals surface area contributed by atoms with E-state index in [-0.39, 0.29) is 49.1 Å². The Hall–Kier alpha value is -2.52. The zero-order chi connectivity index (χ0) is 30.9. The molecule has 1 saturated carbocycles. The molecule has 4 aliphatic heterocycles. The molecular formula is C30H43F3N6O5. The van der Waals surface area contributed by atoms with Gasteiger partial charge in [-0.15, -0.1) is 0 Å². The van der Waals surface area contributed by atoms with Gasteiger partial charge in [0.1, 0.15) is 0 Å². The van der Waals surface area contributed by atoms with Gasteiger partial charge in [0.25, 0.3) is 0 Å². The summed E-state index contributed by atoms with van der Waals surface area (Å²) in [5.41, 5.74) is -0.600. The SMILES string of the molecule is COC1COCCC1N[C@@H]1C[C@H]2CN(C(=O)NCCN3CCOCC3)C[C@@]2(C(=O)N2CCc3ncc(C(F)(F)F)cc3C2)C1. The summed E-state index contributed by atoms with van der Waals surface area (Å²) in [5.74, 6) is -0.159. The Morgan fingerprint density at radius 2 is 1.98 bits per heavy atom. The fourth-order valence-electron chi connectivity index (χ4n) is 7.75. The molecule has 11 nitrogen and oxygen atoms in total. The summed E-state index contributed by atoms with van der Waals surface area (Å²) in [7, 11) is 1.67. The first kappa shape index (κ1) is 31.5. The monoisotopic (exact) mass is 624 g/mol. The number of hydrogen-bond acceptors (Lipinski definition) is 8. The average Bonchev–Trinajstić information content (AvgIpc) is 3.55. The van der Waals surface area contributed by atoms with Gasteiger partial charge in [-0.1, -0.05) is 0 Å². The highest BCUT2D eigenvalue weighted by molar-refractivity contribution is 5.86. The van der Waals surface area contributed by atoms with Crippen molar-refractivity contribution in [3.8, 4) is 0 Å². The van der Waals surface area contributed by atoms with Crippen LogP contribution in [0.4, 0.5) is 18.0 Å². The van der Waals surface area contributed by atoms with Crippen molar-refractivity contribution >= 4 is 11.9 Å². The highest BCUT2D eigenvalue weighted by Crippen LogP contribution is 2.50. The van der Waals surface area contributed by atoms with Gasteiger partial charge in [-0.25, -0.2) is 4.79 Å². The van der Waals surface area contributed by atoms with Gasteiger partial charge in [-0.2, -0.15) is 13.2 Å². The van der Waals surface area contributed by atoms with Crippen LogP contribution in [-0.4, -0.2) is 129 Å². The second-order valence-electron chi connectivity index (χ2n) is 12.8. The highest BCUT2D eigenvalue weighted by Gasteiger charge is 2.60. The summed E-state index contributed by atoms with van der Waals surface area (Å²) in [4.78, 5) is 37.6. The molecule has 5 atom stereocenters. The normalized spacial score (nSPS) is 31.1. The minimum absolute atomic E-state index is 0.0480. The predicted octanol–water partition coefficient (Wildman–Crippen LogP) is 1.50.